The van der Waals surface area contributed by atoms with Gasteiger partial charge in [-0.15, -0.1) is 0 Å². The molecule has 0 radical (unpaired) electrons. The van der Waals surface area contributed by atoms with Crippen LogP contribution in [0, 0.1) is 0 Å². The summed E-state index contributed by atoms with van der Waals surface area (Å²) in [6.45, 7) is 2.14. The van der Waals surface area contributed by atoms with Gasteiger partial charge in [0.25, 0.3) is 5.91 Å². The average molecular weight is 383 g/mol. The van der Waals surface area contributed by atoms with Crippen molar-refractivity contribution in [2.24, 2.45) is 0 Å². The quantitative estimate of drug-likeness (QED) is 0.860. The number of carbonyl (C=O) groups is 1. The maximum atomic E-state index is 12.3. The molecule has 0 saturated carbocycles. The van der Waals surface area contributed by atoms with E-state index >= 15 is 0 Å². The maximum Gasteiger partial charge on any atom is 0.253 e. The second-order valence-electron chi connectivity index (χ2n) is 4.93. The molecular formula is C16H13BrClNO3. The van der Waals surface area contributed by atoms with Gasteiger partial charge < -0.3 is 14.8 Å². The van der Waals surface area contributed by atoms with E-state index in [2.05, 4.69) is 21.2 Å². The molecule has 2 aromatic rings. The lowest BCUT2D eigenvalue weighted by atomic mass is 10.1. The third-order valence-electron chi connectivity index (χ3n) is 3.42. The van der Waals surface area contributed by atoms with Crippen LogP contribution in [0.3, 0.4) is 0 Å². The number of amides is 1. The Balaban J connectivity index is 1.76. The SMILES string of the molecule is CC(NC(=O)c1ccc(Br)cc1Cl)c1ccc2c(c1)OCO2. The molecule has 1 unspecified atom stereocenters. The molecular weight excluding hydrogens is 370 g/mol. The van der Waals surface area contributed by atoms with Gasteiger partial charge in [0.15, 0.2) is 11.5 Å². The van der Waals surface area contributed by atoms with Crippen molar-refractivity contribution in [3.63, 3.8) is 0 Å². The second kappa shape index (κ2) is 6.18. The fourth-order valence-electron chi connectivity index (χ4n) is 2.21. The zero-order chi connectivity index (χ0) is 15.7. The Bertz CT molecular complexity index is 735. The average Bonchev–Trinajstić information content (AvgIpc) is 2.94. The predicted octanol–water partition coefficient (Wildman–Crippen LogP) is 4.32. The molecule has 0 saturated heterocycles. The van der Waals surface area contributed by atoms with Crippen LogP contribution in [0.5, 0.6) is 11.5 Å². The molecule has 1 N–H and O–H groups in total. The van der Waals surface area contributed by atoms with E-state index in [0.717, 1.165) is 15.8 Å². The van der Waals surface area contributed by atoms with Gasteiger partial charge in [-0.2, -0.15) is 0 Å². The first kappa shape index (κ1) is 15.2. The lowest BCUT2D eigenvalue weighted by Crippen LogP contribution is -2.26. The van der Waals surface area contributed by atoms with Crippen LogP contribution in [-0.4, -0.2) is 12.7 Å². The normalized spacial score (nSPS) is 13.8. The zero-order valence-corrected chi connectivity index (χ0v) is 14.1. The van der Waals surface area contributed by atoms with Crippen molar-refractivity contribution in [1.29, 1.82) is 0 Å². The highest BCUT2D eigenvalue weighted by Crippen LogP contribution is 2.34. The Labute approximate surface area is 141 Å². The van der Waals surface area contributed by atoms with Crippen molar-refractivity contribution in [3.05, 3.63) is 57.0 Å². The van der Waals surface area contributed by atoms with E-state index in [0.29, 0.717) is 16.3 Å². The van der Waals surface area contributed by atoms with Crippen LogP contribution in [0.1, 0.15) is 28.9 Å². The van der Waals surface area contributed by atoms with Crippen molar-refractivity contribution in [2.75, 3.05) is 6.79 Å². The highest BCUT2D eigenvalue weighted by molar-refractivity contribution is 9.10. The standard InChI is InChI=1S/C16H13BrClNO3/c1-9(10-2-5-14-15(6-10)22-8-21-14)19-16(20)12-4-3-11(17)7-13(12)18/h2-7,9H,8H2,1H3,(H,19,20). The summed E-state index contributed by atoms with van der Waals surface area (Å²) in [6, 6.07) is 10.6. The molecule has 1 aliphatic rings. The molecule has 1 amide bonds. The molecule has 0 aliphatic carbocycles. The largest absolute Gasteiger partial charge is 0.454 e. The minimum Gasteiger partial charge on any atom is -0.454 e. The van der Waals surface area contributed by atoms with Crippen molar-refractivity contribution >= 4 is 33.4 Å². The van der Waals surface area contributed by atoms with E-state index in [1.165, 1.54) is 0 Å². The lowest BCUT2D eigenvalue weighted by molar-refractivity contribution is 0.0940. The van der Waals surface area contributed by atoms with Gasteiger partial charge in [0.2, 0.25) is 6.79 Å². The lowest BCUT2D eigenvalue weighted by Gasteiger charge is -2.15. The van der Waals surface area contributed by atoms with E-state index in [4.69, 9.17) is 21.1 Å². The number of benzene rings is 2. The molecule has 0 bridgehead atoms. The van der Waals surface area contributed by atoms with Crippen molar-refractivity contribution in [1.82, 2.24) is 5.32 Å². The number of hydrogen-bond donors (Lipinski definition) is 1. The van der Waals surface area contributed by atoms with Gasteiger partial charge in [-0.3, -0.25) is 4.79 Å². The highest BCUT2D eigenvalue weighted by Gasteiger charge is 2.18. The first-order chi connectivity index (χ1) is 10.5. The molecule has 1 heterocycles. The Morgan fingerprint density at radius 2 is 2.00 bits per heavy atom. The van der Waals surface area contributed by atoms with E-state index in [9.17, 15) is 4.79 Å². The van der Waals surface area contributed by atoms with Crippen molar-refractivity contribution < 1.29 is 14.3 Å². The summed E-state index contributed by atoms with van der Waals surface area (Å²) in [7, 11) is 0. The molecule has 0 spiro atoms. The summed E-state index contributed by atoms with van der Waals surface area (Å²) >= 11 is 9.42. The Morgan fingerprint density at radius 3 is 2.77 bits per heavy atom. The number of carbonyl (C=O) groups excluding carboxylic acids is 1. The van der Waals surface area contributed by atoms with Crippen LogP contribution in [0.2, 0.25) is 5.02 Å². The monoisotopic (exact) mass is 381 g/mol. The van der Waals surface area contributed by atoms with Gasteiger partial charge in [0, 0.05) is 4.47 Å². The summed E-state index contributed by atoms with van der Waals surface area (Å²) in [5.74, 6) is 1.20. The number of fused-ring (bicyclic) bond motifs is 1. The van der Waals surface area contributed by atoms with Gasteiger partial charge in [-0.05, 0) is 42.8 Å². The summed E-state index contributed by atoms with van der Waals surface area (Å²) in [5, 5.41) is 3.34. The molecule has 114 valence electrons. The summed E-state index contributed by atoms with van der Waals surface area (Å²) in [4.78, 5) is 12.3. The topological polar surface area (TPSA) is 47.6 Å². The number of ether oxygens (including phenoxy) is 2. The number of hydrogen-bond acceptors (Lipinski definition) is 3. The van der Waals surface area contributed by atoms with E-state index in [1.54, 1.807) is 18.2 Å². The third kappa shape index (κ3) is 3.05. The van der Waals surface area contributed by atoms with Gasteiger partial charge in [-0.1, -0.05) is 33.6 Å². The van der Waals surface area contributed by atoms with Crippen LogP contribution in [-0.2, 0) is 0 Å². The van der Waals surface area contributed by atoms with Crippen LogP contribution < -0.4 is 14.8 Å². The molecule has 1 atom stereocenters. The summed E-state index contributed by atoms with van der Waals surface area (Å²) in [5.41, 5.74) is 1.38. The van der Waals surface area contributed by atoms with E-state index in [-0.39, 0.29) is 18.7 Å². The fourth-order valence-corrected chi connectivity index (χ4v) is 2.97. The molecule has 1 aliphatic heterocycles. The number of nitrogens with one attached hydrogen (secondary N) is 1. The maximum absolute atomic E-state index is 12.3. The summed E-state index contributed by atoms with van der Waals surface area (Å²) in [6.07, 6.45) is 0. The van der Waals surface area contributed by atoms with Gasteiger partial charge in [0.1, 0.15) is 0 Å². The second-order valence-corrected chi connectivity index (χ2v) is 6.25. The van der Waals surface area contributed by atoms with Crippen LogP contribution in [0.4, 0.5) is 0 Å². The van der Waals surface area contributed by atoms with Crippen LogP contribution in [0.15, 0.2) is 40.9 Å². The molecule has 6 heteroatoms. The smallest absolute Gasteiger partial charge is 0.253 e. The van der Waals surface area contributed by atoms with Crippen molar-refractivity contribution in [3.8, 4) is 11.5 Å². The molecule has 0 fully saturated rings. The first-order valence-corrected chi connectivity index (χ1v) is 7.87. The molecule has 3 rings (SSSR count). The van der Waals surface area contributed by atoms with Crippen LogP contribution in [0.25, 0.3) is 0 Å². The van der Waals surface area contributed by atoms with Gasteiger partial charge >= 0.3 is 0 Å². The summed E-state index contributed by atoms with van der Waals surface area (Å²) < 4.78 is 11.5. The minimum absolute atomic E-state index is 0.179. The van der Waals surface area contributed by atoms with Gasteiger partial charge in [-0.25, -0.2) is 0 Å². The number of halogens is 2. The zero-order valence-electron chi connectivity index (χ0n) is 11.7. The minimum atomic E-state index is -0.220. The predicted molar refractivity (Wildman–Crippen MR) is 87.6 cm³/mol. The number of rotatable bonds is 3. The highest BCUT2D eigenvalue weighted by atomic mass is 79.9. The van der Waals surface area contributed by atoms with E-state index in [1.807, 2.05) is 25.1 Å². The first-order valence-electron chi connectivity index (χ1n) is 6.70. The molecule has 22 heavy (non-hydrogen) atoms. The molecule has 0 aromatic heterocycles. The van der Waals surface area contributed by atoms with Crippen LogP contribution >= 0.6 is 27.5 Å². The Hall–Kier alpha value is -1.72. The van der Waals surface area contributed by atoms with Gasteiger partial charge in [0.05, 0.1) is 16.6 Å². The van der Waals surface area contributed by atoms with Crippen molar-refractivity contribution in [2.45, 2.75) is 13.0 Å². The fraction of sp³-hybridized carbons (Fsp3) is 0.188. The van der Waals surface area contributed by atoms with E-state index < -0.39 is 0 Å². The molecule has 4 nitrogen and oxygen atoms in total. The molecule has 2 aromatic carbocycles. The third-order valence-corrected chi connectivity index (χ3v) is 4.23. The Morgan fingerprint density at radius 1 is 1.23 bits per heavy atom. The Kier molecular flexibility index (Phi) is 4.27.